The average molecular weight is 339 g/mol. The van der Waals surface area contributed by atoms with E-state index in [4.69, 9.17) is 27.9 Å². The molecule has 0 bridgehead atoms. The van der Waals surface area contributed by atoms with Crippen LogP contribution in [0.1, 0.15) is 6.92 Å². The minimum Gasteiger partial charge on any atom is -0.475 e. The SMILES string of the molecule is CC(N)Cn1c(=S)[nH]c(=O)c2[nH]cnc21.O=C(O)C(F)(F)F. The van der Waals surface area contributed by atoms with Gasteiger partial charge in [-0.1, -0.05) is 0 Å². The topological polar surface area (TPSA) is 130 Å². The number of carbonyl (C=O) groups is 1. The van der Waals surface area contributed by atoms with E-state index in [2.05, 4.69) is 15.0 Å². The first kappa shape index (κ1) is 17.8. The first-order valence-corrected chi connectivity index (χ1v) is 6.16. The molecule has 2 aromatic rings. The largest absolute Gasteiger partial charge is 0.490 e. The molecular formula is C10H12F3N5O3S. The maximum Gasteiger partial charge on any atom is 0.490 e. The number of imidazole rings is 1. The summed E-state index contributed by atoms with van der Waals surface area (Å²) in [4.78, 5) is 29.7. The Bertz CT molecular complexity index is 776. The highest BCUT2D eigenvalue weighted by atomic mass is 32.1. The molecule has 0 spiro atoms. The summed E-state index contributed by atoms with van der Waals surface area (Å²) in [7, 11) is 0. The fourth-order valence-corrected chi connectivity index (χ4v) is 1.69. The van der Waals surface area contributed by atoms with Crippen LogP contribution in [0.25, 0.3) is 11.2 Å². The standard InChI is InChI=1S/C8H11N5OS.C2HF3O2/c1-4(9)2-13-6-5(10-3-11-6)7(14)12-8(13)15;3-2(4,5)1(6)7/h3-4H,2,9H2,1H3,(H,10,11)(H,12,14,15);(H,6,7). The number of nitrogens with zero attached hydrogens (tertiary/aromatic N) is 2. The van der Waals surface area contributed by atoms with Gasteiger partial charge in [-0.15, -0.1) is 0 Å². The molecule has 0 saturated carbocycles. The van der Waals surface area contributed by atoms with Crippen LogP contribution in [-0.4, -0.2) is 42.8 Å². The van der Waals surface area contributed by atoms with Crippen LogP contribution in [0.3, 0.4) is 0 Å². The van der Waals surface area contributed by atoms with E-state index in [9.17, 15) is 18.0 Å². The Labute approximate surface area is 125 Å². The zero-order valence-electron chi connectivity index (χ0n) is 11.1. The number of halogens is 3. The fourth-order valence-electron chi connectivity index (χ4n) is 1.44. The maximum absolute atomic E-state index is 11.5. The van der Waals surface area contributed by atoms with E-state index in [1.165, 1.54) is 6.33 Å². The molecule has 12 heteroatoms. The number of hydrogen-bond donors (Lipinski definition) is 4. The van der Waals surface area contributed by atoms with Gasteiger partial charge >= 0.3 is 12.1 Å². The number of aromatic amines is 2. The zero-order valence-corrected chi connectivity index (χ0v) is 12.0. The molecule has 0 aromatic carbocycles. The normalized spacial score (nSPS) is 12.6. The fraction of sp³-hybridized carbons (Fsp3) is 0.400. The molecule has 122 valence electrons. The third kappa shape index (κ3) is 4.39. The van der Waals surface area contributed by atoms with E-state index in [-0.39, 0.29) is 11.6 Å². The van der Waals surface area contributed by atoms with Gasteiger partial charge in [-0.25, -0.2) is 9.78 Å². The molecule has 1 unspecified atom stereocenters. The van der Waals surface area contributed by atoms with Gasteiger partial charge in [0.25, 0.3) is 5.56 Å². The molecule has 0 aliphatic carbocycles. The lowest BCUT2D eigenvalue weighted by molar-refractivity contribution is -0.192. The molecule has 0 fully saturated rings. The maximum atomic E-state index is 11.5. The lowest BCUT2D eigenvalue weighted by Gasteiger charge is -2.09. The van der Waals surface area contributed by atoms with E-state index in [1.807, 2.05) is 6.92 Å². The smallest absolute Gasteiger partial charge is 0.475 e. The van der Waals surface area contributed by atoms with E-state index < -0.39 is 12.1 Å². The molecule has 0 amide bonds. The van der Waals surface area contributed by atoms with Crippen molar-refractivity contribution in [2.24, 2.45) is 5.73 Å². The number of carboxylic acid groups (broad SMARTS) is 1. The molecule has 2 aromatic heterocycles. The Morgan fingerprint density at radius 3 is 2.59 bits per heavy atom. The molecule has 0 saturated heterocycles. The Kier molecular flexibility index (Phi) is 5.43. The molecule has 8 nitrogen and oxygen atoms in total. The summed E-state index contributed by atoms with van der Waals surface area (Å²) < 4.78 is 33.8. The average Bonchev–Trinajstić information content (AvgIpc) is 2.83. The molecule has 22 heavy (non-hydrogen) atoms. The van der Waals surface area contributed by atoms with Gasteiger partial charge in [0.05, 0.1) is 6.33 Å². The van der Waals surface area contributed by atoms with Crippen LogP contribution in [0.5, 0.6) is 0 Å². The number of nitrogens with one attached hydrogen (secondary N) is 2. The van der Waals surface area contributed by atoms with E-state index in [0.717, 1.165) is 0 Å². The Hall–Kier alpha value is -2.21. The highest BCUT2D eigenvalue weighted by molar-refractivity contribution is 7.71. The van der Waals surface area contributed by atoms with Crippen molar-refractivity contribution < 1.29 is 23.1 Å². The van der Waals surface area contributed by atoms with Crippen LogP contribution >= 0.6 is 12.2 Å². The summed E-state index contributed by atoms with van der Waals surface area (Å²) in [5, 5.41) is 7.12. The van der Waals surface area contributed by atoms with Gasteiger partial charge < -0.3 is 15.8 Å². The van der Waals surface area contributed by atoms with Gasteiger partial charge in [0, 0.05) is 12.6 Å². The third-order valence-electron chi connectivity index (χ3n) is 2.28. The van der Waals surface area contributed by atoms with Crippen molar-refractivity contribution in [3.8, 4) is 0 Å². The van der Waals surface area contributed by atoms with Crippen molar-refractivity contribution in [2.75, 3.05) is 0 Å². The van der Waals surface area contributed by atoms with Crippen LogP contribution in [-0.2, 0) is 11.3 Å². The molecule has 2 rings (SSSR count). The molecule has 2 heterocycles. The minimum atomic E-state index is -5.08. The molecule has 0 aliphatic rings. The number of alkyl halides is 3. The number of H-pyrrole nitrogens is 2. The van der Waals surface area contributed by atoms with Gasteiger partial charge in [-0.05, 0) is 19.1 Å². The highest BCUT2D eigenvalue weighted by Crippen LogP contribution is 2.13. The third-order valence-corrected chi connectivity index (χ3v) is 2.60. The molecule has 5 N–H and O–H groups in total. The number of rotatable bonds is 2. The second-order valence-electron chi connectivity index (χ2n) is 4.25. The number of hydrogen-bond acceptors (Lipinski definition) is 5. The van der Waals surface area contributed by atoms with Gasteiger partial charge in [0.15, 0.2) is 10.4 Å². The van der Waals surface area contributed by atoms with Crippen LogP contribution in [0, 0.1) is 4.77 Å². The van der Waals surface area contributed by atoms with Crippen molar-refractivity contribution in [1.29, 1.82) is 0 Å². The second kappa shape index (κ2) is 6.70. The van der Waals surface area contributed by atoms with Crippen LogP contribution < -0.4 is 11.3 Å². The number of nitrogens with two attached hydrogens (primary N) is 1. The van der Waals surface area contributed by atoms with Crippen molar-refractivity contribution >= 4 is 29.4 Å². The first-order valence-electron chi connectivity index (χ1n) is 5.76. The Morgan fingerprint density at radius 2 is 2.14 bits per heavy atom. The van der Waals surface area contributed by atoms with Crippen molar-refractivity contribution in [2.45, 2.75) is 25.7 Å². The van der Waals surface area contributed by atoms with Crippen LogP contribution in [0.15, 0.2) is 11.1 Å². The summed E-state index contributed by atoms with van der Waals surface area (Å²) in [6.07, 6.45) is -3.62. The molecular weight excluding hydrogens is 327 g/mol. The van der Waals surface area contributed by atoms with Crippen molar-refractivity contribution in [3.05, 3.63) is 21.5 Å². The van der Waals surface area contributed by atoms with Crippen molar-refractivity contribution in [3.63, 3.8) is 0 Å². The summed E-state index contributed by atoms with van der Waals surface area (Å²) in [5.74, 6) is -2.76. The Morgan fingerprint density at radius 1 is 1.59 bits per heavy atom. The monoisotopic (exact) mass is 339 g/mol. The number of fused-ring (bicyclic) bond motifs is 1. The molecule has 0 radical (unpaired) electrons. The van der Waals surface area contributed by atoms with Crippen LogP contribution in [0.2, 0.25) is 0 Å². The quantitative estimate of drug-likeness (QED) is 0.598. The second-order valence-corrected chi connectivity index (χ2v) is 4.64. The van der Waals surface area contributed by atoms with Crippen LogP contribution in [0.4, 0.5) is 13.2 Å². The van der Waals surface area contributed by atoms with Crippen molar-refractivity contribution in [1.82, 2.24) is 19.5 Å². The predicted molar refractivity (Wildman–Crippen MR) is 72.9 cm³/mol. The highest BCUT2D eigenvalue weighted by Gasteiger charge is 2.38. The molecule has 0 aliphatic heterocycles. The lowest BCUT2D eigenvalue weighted by atomic mass is 10.3. The minimum absolute atomic E-state index is 0.0532. The molecule has 1 atom stereocenters. The van der Waals surface area contributed by atoms with E-state index in [1.54, 1.807) is 4.57 Å². The van der Waals surface area contributed by atoms with E-state index >= 15 is 0 Å². The van der Waals surface area contributed by atoms with Gasteiger partial charge in [0.1, 0.15) is 5.52 Å². The Balaban J connectivity index is 0.000000295. The number of aromatic nitrogens is 4. The summed E-state index contributed by atoms with van der Waals surface area (Å²) in [6.45, 7) is 2.39. The summed E-state index contributed by atoms with van der Waals surface area (Å²) in [6, 6.07) is -0.0532. The van der Waals surface area contributed by atoms with Gasteiger partial charge in [-0.2, -0.15) is 13.2 Å². The zero-order chi connectivity index (χ0) is 17.1. The van der Waals surface area contributed by atoms with E-state index in [0.29, 0.717) is 22.5 Å². The first-order chi connectivity index (χ1) is 10.0. The van der Waals surface area contributed by atoms with Gasteiger partial charge in [0.2, 0.25) is 0 Å². The number of aliphatic carboxylic acids is 1. The summed E-state index contributed by atoms with van der Waals surface area (Å²) in [5.41, 5.74) is 6.40. The van der Waals surface area contributed by atoms with Gasteiger partial charge in [-0.3, -0.25) is 14.3 Å². The predicted octanol–water partition coefficient (Wildman–Crippen LogP) is 0.763. The number of carboxylic acids is 1. The lowest BCUT2D eigenvalue weighted by Crippen LogP contribution is -2.25. The summed E-state index contributed by atoms with van der Waals surface area (Å²) >= 11 is 5.05.